The third-order valence-corrected chi connectivity index (χ3v) is 9.55. The van der Waals surface area contributed by atoms with Crippen LogP contribution in [0.5, 0.6) is 0 Å². The van der Waals surface area contributed by atoms with Crippen LogP contribution >= 0.6 is 0 Å². The van der Waals surface area contributed by atoms with E-state index in [1.54, 1.807) is 26.1 Å². The number of amides is 6. The fourth-order valence-electron chi connectivity index (χ4n) is 6.28. The molecule has 0 aliphatic heterocycles. The van der Waals surface area contributed by atoms with Crippen molar-refractivity contribution in [3.05, 3.63) is 54.2 Å². The number of nitrogens with one attached hydrogen (secondary N) is 8. The van der Waals surface area contributed by atoms with Crippen LogP contribution in [0.2, 0.25) is 0 Å². The molecule has 2 heterocycles. The summed E-state index contributed by atoms with van der Waals surface area (Å²) in [5, 5.41) is 63.3. The Hall–Kier alpha value is -6.92. The minimum atomic E-state index is -2.01. The first-order valence-corrected chi connectivity index (χ1v) is 19.8. The van der Waals surface area contributed by atoms with Gasteiger partial charge in [-0.05, 0) is 43.7 Å². The van der Waals surface area contributed by atoms with Gasteiger partial charge < -0.3 is 73.1 Å². The van der Waals surface area contributed by atoms with E-state index in [1.807, 2.05) is 18.2 Å². The molecule has 2 aromatic heterocycles. The van der Waals surface area contributed by atoms with E-state index in [1.165, 1.54) is 12.5 Å². The van der Waals surface area contributed by atoms with Gasteiger partial charge >= 0.3 is 17.9 Å². The molecule has 24 nitrogen and oxygen atoms in total. The molecule has 15 N–H and O–H groups in total. The molecule has 0 aliphatic carbocycles. The largest absolute Gasteiger partial charge is 0.481 e. The molecular formula is C39H54N10O14. The average molecular weight is 887 g/mol. The molecule has 0 bridgehead atoms. The molecule has 1 aromatic carbocycles. The second kappa shape index (κ2) is 23.9. The number of hydrogen-bond donors (Lipinski definition) is 14. The normalized spacial score (nSPS) is 15.0. The van der Waals surface area contributed by atoms with Crippen molar-refractivity contribution in [3.8, 4) is 0 Å². The van der Waals surface area contributed by atoms with Gasteiger partial charge in [-0.1, -0.05) is 32.0 Å². The number of benzene rings is 1. The number of fused-ring (bicyclic) bond motifs is 1. The number of imidazole rings is 1. The van der Waals surface area contributed by atoms with Crippen LogP contribution in [-0.2, 0) is 56.0 Å². The standard InChI is InChI=1S/C39H54N10O14/c1-18(2)10-26(35(58)47-28(39(62)63)12-21-15-41-17-43-21)45-34(57)25(8-9-30(52)53)44-36(59)27(13-31(54)55)46-37(60)29(16-50)48-38(61)32(19(3)51)49-33(56)23(40)11-20-14-42-24-7-5-4-6-22(20)24/h4-7,14-15,17-19,23,25-29,32,42,50-51H,8-13,16,40H2,1-3H3,(H,41,43)(H,44,59)(H,45,57)(H,46,60)(H,47,58)(H,48,61)(H,49,56)(H,52,53)(H,54,55)(H,62,63)/t19-,23+,25+,26+,27+,28+,29+,32+/m1/s1. The number of carbonyl (C=O) groups is 9. The lowest BCUT2D eigenvalue weighted by Gasteiger charge is -2.27. The Morgan fingerprint density at radius 2 is 1.29 bits per heavy atom. The summed E-state index contributed by atoms with van der Waals surface area (Å²) in [7, 11) is 0. The summed E-state index contributed by atoms with van der Waals surface area (Å²) in [6, 6.07) is -4.20. The maximum atomic E-state index is 13.6. The van der Waals surface area contributed by atoms with Crippen LogP contribution < -0.4 is 37.6 Å². The molecule has 0 unspecified atom stereocenters. The van der Waals surface area contributed by atoms with Crippen LogP contribution in [0.4, 0.5) is 0 Å². The number of H-pyrrole nitrogens is 2. The van der Waals surface area contributed by atoms with Crippen molar-refractivity contribution in [1.82, 2.24) is 46.9 Å². The molecule has 3 rings (SSSR count). The van der Waals surface area contributed by atoms with Crippen molar-refractivity contribution < 1.29 is 68.7 Å². The van der Waals surface area contributed by atoms with Gasteiger partial charge in [-0.3, -0.25) is 38.4 Å². The average Bonchev–Trinajstić information content (AvgIpc) is 3.88. The highest BCUT2D eigenvalue weighted by atomic mass is 16.4. The van der Waals surface area contributed by atoms with Gasteiger partial charge in [0.2, 0.25) is 35.4 Å². The number of aliphatic hydroxyl groups is 2. The maximum absolute atomic E-state index is 13.6. The van der Waals surface area contributed by atoms with E-state index in [2.05, 4.69) is 46.9 Å². The van der Waals surface area contributed by atoms with Crippen LogP contribution in [0.3, 0.4) is 0 Å². The van der Waals surface area contributed by atoms with Crippen LogP contribution in [0.1, 0.15) is 57.7 Å². The first-order valence-electron chi connectivity index (χ1n) is 19.8. The van der Waals surface area contributed by atoms with Gasteiger partial charge in [-0.2, -0.15) is 0 Å². The van der Waals surface area contributed by atoms with Gasteiger partial charge in [0.25, 0.3) is 0 Å². The van der Waals surface area contributed by atoms with Crippen molar-refractivity contribution in [3.63, 3.8) is 0 Å². The Kier molecular flexibility index (Phi) is 19.1. The molecule has 63 heavy (non-hydrogen) atoms. The number of nitrogens with zero attached hydrogens (tertiary/aromatic N) is 1. The zero-order valence-electron chi connectivity index (χ0n) is 34.6. The van der Waals surface area contributed by atoms with Crippen molar-refractivity contribution >= 4 is 64.3 Å². The molecule has 8 atom stereocenters. The third-order valence-electron chi connectivity index (χ3n) is 9.55. The van der Waals surface area contributed by atoms with E-state index in [0.717, 1.165) is 17.8 Å². The molecule has 0 aliphatic rings. The monoisotopic (exact) mass is 886 g/mol. The summed E-state index contributed by atoms with van der Waals surface area (Å²) in [6.07, 6.45) is 0.121. The first kappa shape index (κ1) is 50.4. The third kappa shape index (κ3) is 15.8. The van der Waals surface area contributed by atoms with E-state index in [4.69, 9.17) is 5.73 Å². The fourth-order valence-corrected chi connectivity index (χ4v) is 6.28. The molecule has 0 fully saturated rings. The smallest absolute Gasteiger partial charge is 0.326 e. The van der Waals surface area contributed by atoms with Gasteiger partial charge in [-0.25, -0.2) is 9.78 Å². The molecule has 6 amide bonds. The number of aromatic amines is 2. The number of aromatic nitrogens is 3. The van der Waals surface area contributed by atoms with Gasteiger partial charge in [0.15, 0.2) is 0 Å². The Balaban J connectivity index is 1.73. The summed E-state index contributed by atoms with van der Waals surface area (Å²) in [5.41, 5.74) is 7.99. The van der Waals surface area contributed by atoms with Gasteiger partial charge in [0.1, 0.15) is 36.3 Å². The minimum absolute atomic E-state index is 0.0336. The van der Waals surface area contributed by atoms with Crippen LogP contribution in [-0.4, -0.2) is 149 Å². The molecule has 0 saturated heterocycles. The number of aliphatic hydroxyl groups excluding tert-OH is 2. The molecule has 24 heteroatoms. The quantitative estimate of drug-likeness (QED) is 0.0377. The highest BCUT2D eigenvalue weighted by molar-refractivity contribution is 5.98. The molecule has 0 saturated carbocycles. The number of hydrogen-bond acceptors (Lipinski definition) is 13. The predicted molar refractivity (Wildman–Crippen MR) is 219 cm³/mol. The second-order valence-corrected chi connectivity index (χ2v) is 15.2. The number of aliphatic carboxylic acids is 3. The fraction of sp³-hybridized carbons (Fsp3) is 0.487. The number of para-hydroxylation sites is 1. The summed E-state index contributed by atoms with van der Waals surface area (Å²) >= 11 is 0. The van der Waals surface area contributed by atoms with Crippen LogP contribution in [0.25, 0.3) is 10.9 Å². The van der Waals surface area contributed by atoms with Gasteiger partial charge in [-0.15, -0.1) is 0 Å². The molecule has 0 spiro atoms. The van der Waals surface area contributed by atoms with E-state index >= 15 is 0 Å². The van der Waals surface area contributed by atoms with Crippen LogP contribution in [0.15, 0.2) is 43.0 Å². The van der Waals surface area contributed by atoms with Crippen LogP contribution in [0, 0.1) is 5.92 Å². The summed E-state index contributed by atoms with van der Waals surface area (Å²) in [4.78, 5) is 125. The van der Waals surface area contributed by atoms with Gasteiger partial charge in [0, 0.05) is 41.8 Å². The topological polar surface area (TPSA) is 397 Å². The second-order valence-electron chi connectivity index (χ2n) is 15.2. The SMILES string of the molecule is CC(C)C[C@H](NC(=O)[C@H](CCC(=O)O)NC(=O)[C@H](CC(=O)O)NC(=O)[C@H](CO)NC(=O)[C@@H](NC(=O)[C@@H](N)Cc1c[nH]c2ccccc12)[C@@H](C)O)C(=O)N[C@@H](Cc1cnc[nH]1)C(=O)O. The van der Waals surface area contributed by atoms with Crippen molar-refractivity contribution in [2.45, 2.75) is 108 Å². The maximum Gasteiger partial charge on any atom is 0.326 e. The summed E-state index contributed by atoms with van der Waals surface area (Å²) < 4.78 is 0. The lowest BCUT2D eigenvalue weighted by atomic mass is 10.0. The lowest BCUT2D eigenvalue weighted by molar-refractivity contribution is -0.142. The highest BCUT2D eigenvalue weighted by Crippen LogP contribution is 2.19. The number of nitrogens with two attached hydrogens (primary N) is 1. The Bertz CT molecular complexity index is 2090. The predicted octanol–water partition coefficient (Wildman–Crippen LogP) is -3.24. The Labute approximate surface area is 359 Å². The zero-order valence-corrected chi connectivity index (χ0v) is 34.6. The number of carboxylic acids is 3. The first-order chi connectivity index (χ1) is 29.7. The lowest BCUT2D eigenvalue weighted by Crippen LogP contribution is -2.62. The van der Waals surface area contributed by atoms with Crippen molar-refractivity contribution in [2.24, 2.45) is 11.7 Å². The van der Waals surface area contributed by atoms with E-state index in [-0.39, 0.29) is 25.2 Å². The molecule has 0 radical (unpaired) electrons. The Morgan fingerprint density at radius 3 is 1.87 bits per heavy atom. The highest BCUT2D eigenvalue weighted by Gasteiger charge is 2.35. The number of carboxylic acid groups (broad SMARTS) is 3. The minimum Gasteiger partial charge on any atom is -0.481 e. The number of rotatable bonds is 26. The van der Waals surface area contributed by atoms with Crippen molar-refractivity contribution in [2.75, 3.05) is 6.61 Å². The summed E-state index contributed by atoms with van der Waals surface area (Å²) in [6.45, 7) is 3.41. The Morgan fingerprint density at radius 1 is 0.698 bits per heavy atom. The zero-order chi connectivity index (χ0) is 47.0. The molecule has 3 aromatic rings. The van der Waals surface area contributed by atoms with Crippen molar-refractivity contribution in [1.29, 1.82) is 0 Å². The van der Waals surface area contributed by atoms with E-state index in [9.17, 15) is 68.7 Å². The van der Waals surface area contributed by atoms with E-state index < -0.39 is 128 Å². The van der Waals surface area contributed by atoms with Gasteiger partial charge in [0.05, 0.1) is 31.5 Å². The molecular weight excluding hydrogens is 832 g/mol. The number of carbonyl (C=O) groups excluding carboxylic acids is 6. The van der Waals surface area contributed by atoms with E-state index in [0.29, 0.717) is 11.3 Å². The molecule has 344 valence electrons. The summed E-state index contributed by atoms with van der Waals surface area (Å²) in [5.74, 6) is -11.4.